The van der Waals surface area contributed by atoms with Crippen molar-refractivity contribution in [2.75, 3.05) is 14.1 Å². The van der Waals surface area contributed by atoms with E-state index in [1.165, 1.54) is 116 Å². The number of rotatable bonds is 18. The number of hydrogen-bond donors (Lipinski definition) is 0. The molecule has 1 aliphatic heterocycles. The molecule has 1 saturated heterocycles. The molecule has 0 aromatic heterocycles. The molecule has 0 bridgehead atoms. The largest absolute Gasteiger partial charge is 0.222 e. The normalized spacial score (nSPS) is 21.6. The second kappa shape index (κ2) is 14.0. The first-order valence-corrected chi connectivity index (χ1v) is 11.7. The van der Waals surface area contributed by atoms with Crippen LogP contribution in [0, 0.1) is 0 Å². The molecular weight excluding hydrogens is 304 g/mol. The summed E-state index contributed by atoms with van der Waals surface area (Å²) in [6, 6.07) is 0. The lowest BCUT2D eigenvalue weighted by atomic mass is 9.97. The van der Waals surface area contributed by atoms with E-state index in [1.54, 1.807) is 0 Å². The number of unbranched alkanes of at least 4 members (excludes halogenated alkanes) is 14. The molecule has 1 rings (SSSR count). The standard InChI is InChI=1S/C23H48N2/c1-5-7-9-11-13-15-17-19-21-23(24(3)25(23)4)22-20-18-16-14-12-10-8-6-2/h5-22H2,1-4H3. The molecule has 0 saturated carbocycles. The van der Waals surface area contributed by atoms with Crippen LogP contribution in [0.4, 0.5) is 0 Å². The summed E-state index contributed by atoms with van der Waals surface area (Å²) in [4.78, 5) is 0. The minimum Gasteiger partial charge on any atom is -0.222 e. The van der Waals surface area contributed by atoms with Crippen LogP contribution in [0.5, 0.6) is 0 Å². The van der Waals surface area contributed by atoms with Crippen LogP contribution in [-0.4, -0.2) is 29.8 Å². The molecule has 150 valence electrons. The average molecular weight is 353 g/mol. The molecule has 2 unspecified atom stereocenters. The van der Waals surface area contributed by atoms with Crippen molar-refractivity contribution in [3.8, 4) is 0 Å². The monoisotopic (exact) mass is 352 g/mol. The third kappa shape index (κ3) is 8.91. The van der Waals surface area contributed by atoms with E-state index in [-0.39, 0.29) is 0 Å². The molecule has 25 heavy (non-hydrogen) atoms. The van der Waals surface area contributed by atoms with Gasteiger partial charge in [0, 0.05) is 14.1 Å². The SMILES string of the molecule is CCCCCCCCCCC1(CCCCCCCCCC)N(C)N1C. The molecule has 0 aromatic carbocycles. The van der Waals surface area contributed by atoms with Crippen LogP contribution < -0.4 is 0 Å². The van der Waals surface area contributed by atoms with Gasteiger partial charge in [0.25, 0.3) is 0 Å². The van der Waals surface area contributed by atoms with E-state index in [0.29, 0.717) is 5.66 Å². The molecule has 1 fully saturated rings. The van der Waals surface area contributed by atoms with Crippen molar-refractivity contribution in [1.82, 2.24) is 10.0 Å². The van der Waals surface area contributed by atoms with Gasteiger partial charge in [0.15, 0.2) is 0 Å². The first-order valence-electron chi connectivity index (χ1n) is 11.7. The molecule has 0 radical (unpaired) electrons. The van der Waals surface area contributed by atoms with Crippen molar-refractivity contribution in [3.05, 3.63) is 0 Å². The van der Waals surface area contributed by atoms with Crippen LogP contribution in [0.2, 0.25) is 0 Å². The van der Waals surface area contributed by atoms with Gasteiger partial charge in [0.05, 0.1) is 5.66 Å². The molecule has 1 heterocycles. The van der Waals surface area contributed by atoms with Crippen molar-refractivity contribution >= 4 is 0 Å². The predicted molar refractivity (Wildman–Crippen MR) is 113 cm³/mol. The Morgan fingerprint density at radius 1 is 0.440 bits per heavy atom. The minimum atomic E-state index is 0.421. The minimum absolute atomic E-state index is 0.421. The second-order valence-electron chi connectivity index (χ2n) is 8.48. The van der Waals surface area contributed by atoms with Crippen molar-refractivity contribution < 1.29 is 0 Å². The quantitative estimate of drug-likeness (QED) is 0.186. The van der Waals surface area contributed by atoms with Gasteiger partial charge in [-0.25, -0.2) is 10.0 Å². The maximum absolute atomic E-state index is 2.50. The maximum atomic E-state index is 2.50. The van der Waals surface area contributed by atoms with E-state index in [9.17, 15) is 0 Å². The Labute approximate surface area is 159 Å². The van der Waals surface area contributed by atoms with Gasteiger partial charge in [0.2, 0.25) is 0 Å². The predicted octanol–water partition coefficient (Wildman–Crippen LogP) is 7.54. The van der Waals surface area contributed by atoms with Crippen LogP contribution >= 0.6 is 0 Å². The second-order valence-corrected chi connectivity index (χ2v) is 8.48. The van der Waals surface area contributed by atoms with E-state index in [4.69, 9.17) is 0 Å². The molecule has 0 spiro atoms. The van der Waals surface area contributed by atoms with Gasteiger partial charge in [-0.2, -0.15) is 0 Å². The first kappa shape index (κ1) is 23.0. The molecular formula is C23H48N2. The molecule has 2 nitrogen and oxygen atoms in total. The van der Waals surface area contributed by atoms with Crippen molar-refractivity contribution in [3.63, 3.8) is 0 Å². The van der Waals surface area contributed by atoms with E-state index in [2.05, 4.69) is 38.0 Å². The zero-order valence-corrected chi connectivity index (χ0v) is 18.1. The van der Waals surface area contributed by atoms with Gasteiger partial charge in [0.1, 0.15) is 0 Å². The molecule has 2 heteroatoms. The van der Waals surface area contributed by atoms with Gasteiger partial charge in [-0.15, -0.1) is 0 Å². The van der Waals surface area contributed by atoms with Gasteiger partial charge in [-0.3, -0.25) is 0 Å². The zero-order chi connectivity index (χ0) is 18.4. The summed E-state index contributed by atoms with van der Waals surface area (Å²) in [5, 5.41) is 4.99. The van der Waals surface area contributed by atoms with E-state index in [0.717, 1.165) is 0 Å². The Kier molecular flexibility index (Phi) is 12.9. The Morgan fingerprint density at radius 2 is 0.720 bits per heavy atom. The lowest BCUT2D eigenvalue weighted by Gasteiger charge is -2.15. The van der Waals surface area contributed by atoms with Crippen LogP contribution in [0.1, 0.15) is 129 Å². The number of hydrazine groups is 1. The average Bonchev–Trinajstić information content (AvgIpc) is 3.12. The Bertz CT molecular complexity index is 272. The van der Waals surface area contributed by atoms with E-state index in [1.807, 2.05) is 0 Å². The lowest BCUT2D eigenvalue weighted by Crippen LogP contribution is -2.18. The third-order valence-corrected chi connectivity index (χ3v) is 6.48. The van der Waals surface area contributed by atoms with Crippen LogP contribution in [0.3, 0.4) is 0 Å². The van der Waals surface area contributed by atoms with Gasteiger partial charge in [-0.05, 0) is 12.8 Å². The highest BCUT2D eigenvalue weighted by molar-refractivity contribution is 4.97. The zero-order valence-electron chi connectivity index (χ0n) is 18.1. The summed E-state index contributed by atoms with van der Waals surface area (Å²) in [6.45, 7) is 4.60. The van der Waals surface area contributed by atoms with E-state index >= 15 is 0 Å². The highest BCUT2D eigenvalue weighted by Crippen LogP contribution is 2.44. The molecule has 2 atom stereocenters. The maximum Gasteiger partial charge on any atom is 0.0998 e. The third-order valence-electron chi connectivity index (χ3n) is 6.48. The lowest BCUT2D eigenvalue weighted by molar-refractivity contribution is 0.369. The topological polar surface area (TPSA) is 6.02 Å². The highest BCUT2D eigenvalue weighted by Gasteiger charge is 2.54. The molecule has 0 N–H and O–H groups in total. The Balaban J connectivity index is 2.02. The van der Waals surface area contributed by atoms with E-state index < -0.39 is 0 Å². The Morgan fingerprint density at radius 3 is 1.00 bits per heavy atom. The summed E-state index contributed by atoms with van der Waals surface area (Å²) in [5.74, 6) is 0. The van der Waals surface area contributed by atoms with Crippen LogP contribution in [0.25, 0.3) is 0 Å². The smallest absolute Gasteiger partial charge is 0.0998 e. The summed E-state index contributed by atoms with van der Waals surface area (Å²) in [7, 11) is 4.57. The van der Waals surface area contributed by atoms with Gasteiger partial charge < -0.3 is 0 Å². The van der Waals surface area contributed by atoms with Crippen LogP contribution in [0.15, 0.2) is 0 Å². The number of nitrogens with zero attached hydrogens (tertiary/aromatic N) is 2. The fraction of sp³-hybridized carbons (Fsp3) is 1.00. The van der Waals surface area contributed by atoms with Crippen molar-refractivity contribution in [2.45, 2.75) is 135 Å². The highest BCUT2D eigenvalue weighted by atomic mass is 15.9. The van der Waals surface area contributed by atoms with Crippen molar-refractivity contribution in [1.29, 1.82) is 0 Å². The summed E-state index contributed by atoms with van der Waals surface area (Å²) >= 11 is 0. The van der Waals surface area contributed by atoms with Gasteiger partial charge >= 0.3 is 0 Å². The molecule has 0 aromatic rings. The first-order chi connectivity index (χ1) is 12.2. The summed E-state index contributed by atoms with van der Waals surface area (Å²) < 4.78 is 0. The molecule has 0 aliphatic carbocycles. The fourth-order valence-corrected chi connectivity index (χ4v) is 4.40. The van der Waals surface area contributed by atoms with Crippen LogP contribution in [-0.2, 0) is 0 Å². The summed E-state index contributed by atoms with van der Waals surface area (Å²) in [5.41, 5.74) is 0.421. The summed E-state index contributed by atoms with van der Waals surface area (Å²) in [6.07, 6.45) is 25.7. The molecule has 1 aliphatic rings. The fourth-order valence-electron chi connectivity index (χ4n) is 4.40. The number of hydrogen-bond acceptors (Lipinski definition) is 2. The van der Waals surface area contributed by atoms with Gasteiger partial charge in [-0.1, -0.05) is 117 Å². The Hall–Kier alpha value is -0.0800. The van der Waals surface area contributed by atoms with Crippen molar-refractivity contribution in [2.24, 2.45) is 0 Å². The molecule has 0 amide bonds.